The molecule has 2 saturated carbocycles. The lowest BCUT2D eigenvalue weighted by molar-refractivity contribution is -0.123. The van der Waals surface area contributed by atoms with E-state index in [2.05, 4.69) is 0 Å². The molecular formula is C21H43NO4. The van der Waals surface area contributed by atoms with Gasteiger partial charge in [0, 0.05) is 33.4 Å². The second-order valence-corrected chi connectivity index (χ2v) is 7.17. The summed E-state index contributed by atoms with van der Waals surface area (Å²) in [5, 5.41) is 7.57. The third-order valence-corrected chi connectivity index (χ3v) is 4.88. The Morgan fingerprint density at radius 1 is 1.00 bits per heavy atom. The molecule has 1 amide bonds. The van der Waals surface area contributed by atoms with E-state index in [-0.39, 0.29) is 13.9 Å². The van der Waals surface area contributed by atoms with Crippen LogP contribution in [0.1, 0.15) is 98.7 Å². The molecule has 0 atom stereocenters. The van der Waals surface area contributed by atoms with Gasteiger partial charge in [-0.3, -0.25) is 9.59 Å². The summed E-state index contributed by atoms with van der Waals surface area (Å²) in [7, 11) is 0. The van der Waals surface area contributed by atoms with Gasteiger partial charge in [-0.2, -0.15) is 0 Å². The predicted molar refractivity (Wildman–Crippen MR) is 108 cm³/mol. The number of ether oxygens (including phenoxy) is 1. The Labute approximate surface area is 161 Å². The molecule has 0 spiro atoms. The Morgan fingerprint density at radius 3 is 1.96 bits per heavy atom. The van der Waals surface area contributed by atoms with Gasteiger partial charge in [-0.1, -0.05) is 45.4 Å². The predicted octanol–water partition coefficient (Wildman–Crippen LogP) is 4.39. The zero-order chi connectivity index (χ0) is 19.6. The quantitative estimate of drug-likeness (QED) is 0.648. The van der Waals surface area contributed by atoms with E-state index >= 15 is 0 Å². The summed E-state index contributed by atoms with van der Waals surface area (Å²) >= 11 is 0. The number of ketones is 1. The number of rotatable bonds is 7. The fraction of sp³-hybridized carbons (Fsp3) is 0.905. The van der Waals surface area contributed by atoms with Gasteiger partial charge in [0.2, 0.25) is 5.91 Å². The van der Waals surface area contributed by atoms with E-state index in [1.54, 1.807) is 6.92 Å². The van der Waals surface area contributed by atoms with Crippen LogP contribution in [0.4, 0.5) is 0 Å². The summed E-state index contributed by atoms with van der Waals surface area (Å²) in [6.07, 6.45) is 14.9. The minimum absolute atomic E-state index is 0. The van der Waals surface area contributed by atoms with Crippen molar-refractivity contribution in [2.75, 3.05) is 13.2 Å². The minimum Gasteiger partial charge on any atom is -0.397 e. The first kappa shape index (κ1) is 25.1. The van der Waals surface area contributed by atoms with E-state index in [1.807, 2.05) is 6.92 Å². The Morgan fingerprint density at radius 2 is 1.50 bits per heavy atom. The summed E-state index contributed by atoms with van der Waals surface area (Å²) in [5.74, 6) is 0.686. The van der Waals surface area contributed by atoms with Crippen molar-refractivity contribution in [3.05, 3.63) is 0 Å². The number of hydrogen-bond acceptors (Lipinski definition) is 4. The third-order valence-electron chi connectivity index (χ3n) is 4.88. The molecule has 0 unspecified atom stereocenters. The first-order valence-corrected chi connectivity index (χ1v) is 10.6. The van der Waals surface area contributed by atoms with Gasteiger partial charge >= 0.3 is 0 Å². The summed E-state index contributed by atoms with van der Waals surface area (Å²) in [6.45, 7) is 4.59. The standard InChI is InChI=1S/C10H19NO2.C9H16O.C2H6O.H2/c11-10(12)7-4-8-13-9-5-2-1-3-6-9;1-2-9(10)8-6-4-3-5-7-8;1-2-3;/h9H,1-8H2,(H2,11,12);8H,2-7H2,1H3;3H,2H2,1H3;1H. The Hall–Kier alpha value is -0.940. The molecule has 0 aromatic heterocycles. The van der Waals surface area contributed by atoms with Crippen LogP contribution in [0.25, 0.3) is 0 Å². The fourth-order valence-electron chi connectivity index (χ4n) is 3.44. The maximum atomic E-state index is 11.2. The number of primary amides is 1. The van der Waals surface area contributed by atoms with E-state index in [0.29, 0.717) is 30.8 Å². The van der Waals surface area contributed by atoms with Gasteiger partial charge < -0.3 is 15.6 Å². The summed E-state index contributed by atoms with van der Waals surface area (Å²) in [5.41, 5.74) is 5.02. The molecular weight excluding hydrogens is 330 g/mol. The molecule has 26 heavy (non-hydrogen) atoms. The zero-order valence-corrected chi connectivity index (χ0v) is 17.0. The lowest BCUT2D eigenvalue weighted by Crippen LogP contribution is -2.18. The highest BCUT2D eigenvalue weighted by Crippen LogP contribution is 2.24. The van der Waals surface area contributed by atoms with Crippen LogP contribution in [-0.2, 0) is 14.3 Å². The maximum Gasteiger partial charge on any atom is 0.217 e. The van der Waals surface area contributed by atoms with Crippen LogP contribution in [0, 0.1) is 5.92 Å². The molecule has 156 valence electrons. The van der Waals surface area contributed by atoms with E-state index in [1.165, 1.54) is 51.4 Å². The molecule has 5 nitrogen and oxygen atoms in total. The van der Waals surface area contributed by atoms with Crippen LogP contribution in [0.3, 0.4) is 0 Å². The van der Waals surface area contributed by atoms with E-state index in [4.69, 9.17) is 15.6 Å². The first-order chi connectivity index (χ1) is 12.5. The minimum atomic E-state index is -0.229. The van der Waals surface area contributed by atoms with Crippen molar-refractivity contribution in [2.45, 2.75) is 103 Å². The van der Waals surface area contributed by atoms with Crippen molar-refractivity contribution in [1.29, 1.82) is 0 Å². The molecule has 3 N–H and O–H groups in total. The van der Waals surface area contributed by atoms with Crippen molar-refractivity contribution in [3.63, 3.8) is 0 Å². The van der Waals surface area contributed by atoms with Gasteiger partial charge in [0.05, 0.1) is 6.10 Å². The molecule has 0 aliphatic heterocycles. The lowest BCUT2D eigenvalue weighted by Gasteiger charge is -2.21. The monoisotopic (exact) mass is 373 g/mol. The van der Waals surface area contributed by atoms with Crippen molar-refractivity contribution < 1.29 is 20.9 Å². The number of carbonyl (C=O) groups excluding carboxylic acids is 2. The zero-order valence-electron chi connectivity index (χ0n) is 17.0. The average Bonchev–Trinajstić information content (AvgIpc) is 2.67. The molecule has 2 fully saturated rings. The number of hydrogen-bond donors (Lipinski definition) is 2. The second-order valence-electron chi connectivity index (χ2n) is 7.17. The van der Waals surface area contributed by atoms with Crippen molar-refractivity contribution in [3.8, 4) is 0 Å². The molecule has 0 bridgehead atoms. The number of nitrogens with two attached hydrogens (primary N) is 1. The Balaban J connectivity index is 0. The highest BCUT2D eigenvalue weighted by molar-refractivity contribution is 5.80. The van der Waals surface area contributed by atoms with Gasteiger partial charge in [0.25, 0.3) is 0 Å². The van der Waals surface area contributed by atoms with Gasteiger partial charge in [-0.15, -0.1) is 0 Å². The fourth-order valence-corrected chi connectivity index (χ4v) is 3.44. The smallest absolute Gasteiger partial charge is 0.217 e. The molecule has 0 saturated heterocycles. The Bertz CT molecular complexity index is 354. The van der Waals surface area contributed by atoms with Crippen LogP contribution in [-0.4, -0.2) is 36.1 Å². The van der Waals surface area contributed by atoms with Crippen molar-refractivity contribution in [2.24, 2.45) is 11.7 Å². The molecule has 0 heterocycles. The lowest BCUT2D eigenvalue weighted by atomic mass is 9.85. The largest absolute Gasteiger partial charge is 0.397 e. The van der Waals surface area contributed by atoms with E-state index in [0.717, 1.165) is 25.7 Å². The number of amides is 1. The molecule has 0 aromatic rings. The van der Waals surface area contributed by atoms with E-state index < -0.39 is 0 Å². The third kappa shape index (κ3) is 14.3. The average molecular weight is 374 g/mol. The van der Waals surface area contributed by atoms with Gasteiger partial charge in [0.1, 0.15) is 5.78 Å². The van der Waals surface area contributed by atoms with E-state index in [9.17, 15) is 9.59 Å². The number of carbonyl (C=O) groups is 2. The van der Waals surface area contributed by atoms with Gasteiger partial charge in [-0.05, 0) is 39.0 Å². The topological polar surface area (TPSA) is 89.6 Å². The van der Waals surface area contributed by atoms with Crippen LogP contribution in [0.5, 0.6) is 0 Å². The molecule has 5 heteroatoms. The summed E-state index contributed by atoms with van der Waals surface area (Å²) < 4.78 is 5.63. The number of aliphatic hydroxyl groups is 1. The molecule has 0 radical (unpaired) electrons. The number of Topliss-reactive ketones (excluding diaryl/α,β-unsaturated/α-hetero) is 1. The van der Waals surface area contributed by atoms with Crippen molar-refractivity contribution >= 4 is 11.7 Å². The van der Waals surface area contributed by atoms with Gasteiger partial charge in [-0.25, -0.2) is 0 Å². The normalized spacial score (nSPS) is 18.1. The SMILES string of the molecule is CCC(=O)C1CCCCC1.CCO.NC(=O)CCCOC1CCCCC1.[HH]. The molecule has 2 aliphatic carbocycles. The van der Waals surface area contributed by atoms with Crippen LogP contribution in [0.15, 0.2) is 0 Å². The summed E-state index contributed by atoms with van der Waals surface area (Å²) in [4.78, 5) is 21.6. The molecule has 0 aromatic carbocycles. The first-order valence-electron chi connectivity index (χ1n) is 10.6. The molecule has 2 aliphatic rings. The van der Waals surface area contributed by atoms with Crippen LogP contribution < -0.4 is 5.73 Å². The highest BCUT2D eigenvalue weighted by atomic mass is 16.5. The van der Waals surface area contributed by atoms with Crippen LogP contribution >= 0.6 is 0 Å². The summed E-state index contributed by atoms with van der Waals surface area (Å²) in [6, 6.07) is 0. The van der Waals surface area contributed by atoms with Gasteiger partial charge in [0.15, 0.2) is 0 Å². The molecule has 2 rings (SSSR count). The van der Waals surface area contributed by atoms with Crippen molar-refractivity contribution in [1.82, 2.24) is 0 Å². The second kappa shape index (κ2) is 17.5. The highest BCUT2D eigenvalue weighted by Gasteiger charge is 2.18. The Kier molecular flexibility index (Phi) is 16.8. The number of aliphatic hydroxyl groups excluding tert-OH is 1. The van der Waals surface area contributed by atoms with Crippen LogP contribution in [0.2, 0.25) is 0 Å². The maximum absolute atomic E-state index is 11.2.